The summed E-state index contributed by atoms with van der Waals surface area (Å²) in [6, 6.07) is 15.1. The molecule has 1 fully saturated rings. The van der Waals surface area contributed by atoms with Crippen LogP contribution in [0.5, 0.6) is 0 Å². The molecule has 1 N–H and O–H groups in total. The van der Waals surface area contributed by atoms with Crippen molar-refractivity contribution >= 4 is 50.5 Å². The summed E-state index contributed by atoms with van der Waals surface area (Å²) in [6.45, 7) is -0.0137. The van der Waals surface area contributed by atoms with Gasteiger partial charge in [0.2, 0.25) is 0 Å². The highest BCUT2D eigenvalue weighted by Gasteiger charge is 2.34. The van der Waals surface area contributed by atoms with E-state index in [1.165, 1.54) is 21.5 Å². The maximum Gasteiger partial charge on any atom is 0.260 e. The normalized spacial score (nSPS) is 17.0. The third-order valence-electron chi connectivity index (χ3n) is 3.96. The number of thioether (sulfide) groups is 1. The Kier molecular flexibility index (Phi) is 4.64. The predicted molar refractivity (Wildman–Crippen MR) is 102 cm³/mol. The summed E-state index contributed by atoms with van der Waals surface area (Å²) < 4.78 is 2.45. The third-order valence-corrected chi connectivity index (χ3v) is 5.67. The fraction of sp³-hybridized carbons (Fsp3) is 0.176. The fourth-order valence-electron chi connectivity index (χ4n) is 2.79. The van der Waals surface area contributed by atoms with Gasteiger partial charge < -0.3 is 0 Å². The van der Waals surface area contributed by atoms with E-state index < -0.39 is 0 Å². The van der Waals surface area contributed by atoms with Crippen LogP contribution in [0.15, 0.2) is 53.0 Å². The highest BCUT2D eigenvalue weighted by atomic mass is 79.9. The van der Waals surface area contributed by atoms with Gasteiger partial charge in [0.1, 0.15) is 17.4 Å². The number of fused-ring (bicyclic) bond motifs is 1. The van der Waals surface area contributed by atoms with E-state index in [4.69, 9.17) is 0 Å². The van der Waals surface area contributed by atoms with Gasteiger partial charge in [-0.3, -0.25) is 15.0 Å². The Morgan fingerprint density at radius 3 is 2.96 bits per heavy atom. The van der Waals surface area contributed by atoms with Gasteiger partial charge in [-0.15, -0.1) is 16.9 Å². The van der Waals surface area contributed by atoms with E-state index in [2.05, 4.69) is 31.7 Å². The van der Waals surface area contributed by atoms with Crippen LogP contribution in [-0.2, 0) is 16.1 Å². The Hall–Kier alpha value is -2.39. The van der Waals surface area contributed by atoms with Gasteiger partial charge in [-0.25, -0.2) is 9.69 Å². The number of halogens is 1. The summed E-state index contributed by atoms with van der Waals surface area (Å²) in [7, 11) is 0. The van der Waals surface area contributed by atoms with Crippen molar-refractivity contribution in [3.63, 3.8) is 0 Å². The molecule has 1 aliphatic heterocycles. The average molecular weight is 432 g/mol. The third kappa shape index (κ3) is 3.32. The van der Waals surface area contributed by atoms with Gasteiger partial charge >= 0.3 is 0 Å². The van der Waals surface area contributed by atoms with E-state index in [0.29, 0.717) is 5.75 Å². The van der Waals surface area contributed by atoms with Crippen LogP contribution < -0.4 is 5.43 Å². The molecule has 1 aromatic heterocycles. The van der Waals surface area contributed by atoms with Gasteiger partial charge in [0.05, 0.1) is 11.3 Å². The molecular weight excluding hydrogens is 418 g/mol. The molecule has 2 aromatic carbocycles. The van der Waals surface area contributed by atoms with Gasteiger partial charge in [-0.05, 0) is 29.8 Å². The standard InChI is InChI=1S/C17H14BrN5O2S/c18-12-5-3-4-11(8-12)17-23(16(25)10-26-17)20-15(24)9-22-14-7-2-1-6-13(14)19-21-22/h1-8,17H,9-10H2,(H,20,24). The lowest BCUT2D eigenvalue weighted by atomic mass is 10.2. The molecule has 0 aliphatic carbocycles. The minimum Gasteiger partial charge on any atom is -0.272 e. The van der Waals surface area contributed by atoms with Crippen molar-refractivity contribution < 1.29 is 9.59 Å². The first-order valence-electron chi connectivity index (χ1n) is 7.88. The number of aromatic nitrogens is 3. The van der Waals surface area contributed by atoms with Crippen molar-refractivity contribution in [1.82, 2.24) is 25.4 Å². The van der Waals surface area contributed by atoms with Gasteiger partial charge in [0.15, 0.2) is 0 Å². The van der Waals surface area contributed by atoms with Crippen molar-refractivity contribution in [3.8, 4) is 0 Å². The smallest absolute Gasteiger partial charge is 0.260 e. The maximum absolute atomic E-state index is 12.5. The van der Waals surface area contributed by atoms with E-state index in [9.17, 15) is 9.59 Å². The molecule has 3 aromatic rings. The van der Waals surface area contributed by atoms with Crippen molar-refractivity contribution in [3.05, 3.63) is 58.6 Å². The monoisotopic (exact) mass is 431 g/mol. The number of benzene rings is 2. The van der Waals surface area contributed by atoms with Crippen LogP contribution in [0.1, 0.15) is 10.9 Å². The second-order valence-electron chi connectivity index (χ2n) is 5.75. The molecule has 9 heteroatoms. The summed E-state index contributed by atoms with van der Waals surface area (Å²) in [4.78, 5) is 24.7. The largest absolute Gasteiger partial charge is 0.272 e. The van der Waals surface area contributed by atoms with Crippen molar-refractivity contribution in [2.75, 3.05) is 5.75 Å². The number of rotatable bonds is 4. The SMILES string of the molecule is O=C(Cn1nnc2ccccc21)NN1C(=O)CSC1c1cccc(Br)c1. The quantitative estimate of drug-likeness (QED) is 0.686. The van der Waals surface area contributed by atoms with Crippen LogP contribution in [0.25, 0.3) is 11.0 Å². The molecule has 1 unspecified atom stereocenters. The Morgan fingerprint density at radius 2 is 2.12 bits per heavy atom. The van der Waals surface area contributed by atoms with E-state index in [-0.39, 0.29) is 23.7 Å². The zero-order chi connectivity index (χ0) is 18.1. The highest BCUT2D eigenvalue weighted by molar-refractivity contribution is 9.10. The van der Waals surface area contributed by atoms with Gasteiger partial charge in [0.25, 0.3) is 11.8 Å². The Balaban J connectivity index is 1.51. The van der Waals surface area contributed by atoms with Gasteiger partial charge in [0, 0.05) is 4.47 Å². The number of nitrogens with one attached hydrogen (secondary N) is 1. The number of hydrogen-bond acceptors (Lipinski definition) is 5. The molecule has 1 aliphatic rings. The highest BCUT2D eigenvalue weighted by Crippen LogP contribution is 2.37. The lowest BCUT2D eigenvalue weighted by molar-refractivity contribution is -0.139. The molecule has 132 valence electrons. The van der Waals surface area contributed by atoms with Crippen LogP contribution in [-0.4, -0.2) is 37.6 Å². The van der Waals surface area contributed by atoms with E-state index in [1.807, 2.05) is 48.5 Å². The topological polar surface area (TPSA) is 80.1 Å². The minimum absolute atomic E-state index is 0.0137. The van der Waals surface area contributed by atoms with Crippen LogP contribution in [0.4, 0.5) is 0 Å². The average Bonchev–Trinajstić information content (AvgIpc) is 3.20. The molecule has 0 spiro atoms. The Bertz CT molecular complexity index is 992. The molecule has 1 atom stereocenters. The number of carbonyl (C=O) groups is 2. The molecule has 0 radical (unpaired) electrons. The molecule has 0 saturated carbocycles. The second-order valence-corrected chi connectivity index (χ2v) is 7.74. The summed E-state index contributed by atoms with van der Waals surface area (Å²) in [5.74, 6) is -0.128. The summed E-state index contributed by atoms with van der Waals surface area (Å²) >= 11 is 4.92. The van der Waals surface area contributed by atoms with E-state index in [0.717, 1.165) is 21.1 Å². The second kappa shape index (κ2) is 7.08. The van der Waals surface area contributed by atoms with Gasteiger partial charge in [-0.2, -0.15) is 0 Å². The van der Waals surface area contributed by atoms with Crippen LogP contribution >= 0.6 is 27.7 Å². The number of nitrogens with zero attached hydrogens (tertiary/aromatic N) is 4. The molecule has 0 bridgehead atoms. The number of carbonyl (C=O) groups excluding carboxylic acids is 2. The molecule has 4 rings (SSSR count). The zero-order valence-electron chi connectivity index (χ0n) is 13.5. The van der Waals surface area contributed by atoms with E-state index in [1.54, 1.807) is 0 Å². The lowest BCUT2D eigenvalue weighted by Gasteiger charge is -2.24. The Morgan fingerprint density at radius 1 is 1.27 bits per heavy atom. The van der Waals surface area contributed by atoms with Crippen LogP contribution in [0.3, 0.4) is 0 Å². The first kappa shape index (κ1) is 17.0. The van der Waals surface area contributed by atoms with Gasteiger partial charge in [-0.1, -0.05) is 45.4 Å². The van der Waals surface area contributed by atoms with Crippen molar-refractivity contribution in [2.45, 2.75) is 11.9 Å². The number of para-hydroxylation sites is 1. The minimum atomic E-state index is -0.323. The van der Waals surface area contributed by atoms with Crippen molar-refractivity contribution in [2.24, 2.45) is 0 Å². The number of hydrogen-bond donors (Lipinski definition) is 1. The van der Waals surface area contributed by atoms with E-state index >= 15 is 0 Å². The molecular formula is C17H14BrN5O2S. The van der Waals surface area contributed by atoms with Crippen LogP contribution in [0, 0.1) is 0 Å². The fourth-order valence-corrected chi connectivity index (χ4v) is 4.31. The zero-order valence-corrected chi connectivity index (χ0v) is 15.9. The molecule has 2 heterocycles. The predicted octanol–water partition coefficient (Wildman–Crippen LogP) is 2.50. The molecule has 26 heavy (non-hydrogen) atoms. The number of amides is 2. The summed E-state index contributed by atoms with van der Waals surface area (Å²) in [5.41, 5.74) is 5.16. The summed E-state index contributed by atoms with van der Waals surface area (Å²) in [5, 5.41) is 9.19. The molecule has 2 amide bonds. The first-order chi connectivity index (χ1) is 12.6. The Labute approximate surface area is 161 Å². The summed E-state index contributed by atoms with van der Waals surface area (Å²) in [6.07, 6.45) is 0. The first-order valence-corrected chi connectivity index (χ1v) is 9.73. The maximum atomic E-state index is 12.5. The molecule has 7 nitrogen and oxygen atoms in total. The lowest BCUT2D eigenvalue weighted by Crippen LogP contribution is -2.45. The number of hydrazine groups is 1. The molecule has 1 saturated heterocycles. The van der Waals surface area contributed by atoms with Crippen molar-refractivity contribution in [1.29, 1.82) is 0 Å². The van der Waals surface area contributed by atoms with Crippen LogP contribution in [0.2, 0.25) is 0 Å².